The van der Waals surface area contributed by atoms with Crippen LogP contribution in [0.25, 0.3) is 0 Å². The fourth-order valence-corrected chi connectivity index (χ4v) is 0.842. The van der Waals surface area contributed by atoms with E-state index in [1.807, 2.05) is 6.07 Å². The van der Waals surface area contributed by atoms with E-state index in [0.717, 1.165) is 11.1 Å². The highest BCUT2D eigenvalue weighted by atomic mass is 35.5. The van der Waals surface area contributed by atoms with Gasteiger partial charge in [0.2, 0.25) is 0 Å². The van der Waals surface area contributed by atoms with Crippen LogP contribution in [0.5, 0.6) is 0 Å². The van der Waals surface area contributed by atoms with Crippen molar-refractivity contribution in [2.24, 2.45) is 5.84 Å². The van der Waals surface area contributed by atoms with Crippen molar-refractivity contribution in [3.05, 3.63) is 29.6 Å². The maximum absolute atomic E-state index is 8.74. The minimum atomic E-state index is 0. The standard InChI is InChI=1S/C7H11N3O.ClH/c8-10-4-6-1-7(5-11)3-9-2-6;/h1-3,10-11H,4-5,8H2;1H. The van der Waals surface area contributed by atoms with E-state index in [0.29, 0.717) is 6.54 Å². The minimum Gasteiger partial charge on any atom is -0.392 e. The van der Waals surface area contributed by atoms with Crippen molar-refractivity contribution in [2.45, 2.75) is 13.2 Å². The molecule has 0 bridgehead atoms. The molecule has 0 spiro atoms. The molecule has 0 atom stereocenters. The molecule has 0 aliphatic heterocycles. The second-order valence-corrected chi connectivity index (χ2v) is 2.24. The Morgan fingerprint density at radius 1 is 1.42 bits per heavy atom. The molecule has 1 rings (SSSR count). The molecular formula is C7H12ClN3O. The van der Waals surface area contributed by atoms with Crippen LogP contribution >= 0.6 is 12.4 Å². The summed E-state index contributed by atoms with van der Waals surface area (Å²) >= 11 is 0. The largest absolute Gasteiger partial charge is 0.392 e. The smallest absolute Gasteiger partial charge is 0.0696 e. The fourth-order valence-electron chi connectivity index (χ4n) is 0.842. The molecule has 1 heterocycles. The molecule has 4 nitrogen and oxygen atoms in total. The third-order valence-electron chi connectivity index (χ3n) is 1.34. The van der Waals surface area contributed by atoms with E-state index in [1.165, 1.54) is 0 Å². The maximum atomic E-state index is 8.74. The predicted molar refractivity (Wildman–Crippen MR) is 48.4 cm³/mol. The van der Waals surface area contributed by atoms with Crippen LogP contribution in [0.2, 0.25) is 0 Å². The number of nitrogens with one attached hydrogen (secondary N) is 1. The monoisotopic (exact) mass is 189 g/mol. The summed E-state index contributed by atoms with van der Waals surface area (Å²) in [4.78, 5) is 3.92. The highest BCUT2D eigenvalue weighted by Crippen LogP contribution is 2.01. The Labute approximate surface area is 77.2 Å². The predicted octanol–water partition coefficient (Wildman–Crippen LogP) is -0.0410. The number of pyridine rings is 1. The van der Waals surface area contributed by atoms with Gasteiger partial charge in [0.05, 0.1) is 6.61 Å². The van der Waals surface area contributed by atoms with Gasteiger partial charge in [-0.15, -0.1) is 12.4 Å². The SMILES string of the molecule is Cl.NNCc1cncc(CO)c1. The second-order valence-electron chi connectivity index (χ2n) is 2.24. The van der Waals surface area contributed by atoms with Crippen molar-refractivity contribution in [3.8, 4) is 0 Å². The molecule has 0 radical (unpaired) electrons. The Balaban J connectivity index is 0.00000121. The molecule has 68 valence electrons. The van der Waals surface area contributed by atoms with E-state index in [4.69, 9.17) is 10.9 Å². The Kier molecular flexibility index (Phi) is 5.57. The number of hydrogen-bond donors (Lipinski definition) is 3. The van der Waals surface area contributed by atoms with Crippen LogP contribution in [0.1, 0.15) is 11.1 Å². The summed E-state index contributed by atoms with van der Waals surface area (Å²) in [6.07, 6.45) is 3.33. The number of halogens is 1. The number of aromatic nitrogens is 1. The average molecular weight is 190 g/mol. The van der Waals surface area contributed by atoms with Crippen molar-refractivity contribution in [3.63, 3.8) is 0 Å². The number of rotatable bonds is 3. The van der Waals surface area contributed by atoms with Crippen molar-refractivity contribution in [1.29, 1.82) is 0 Å². The summed E-state index contributed by atoms with van der Waals surface area (Å²) < 4.78 is 0. The number of hydrogen-bond acceptors (Lipinski definition) is 4. The van der Waals surface area contributed by atoms with Crippen molar-refractivity contribution < 1.29 is 5.11 Å². The number of nitrogens with zero attached hydrogens (tertiary/aromatic N) is 1. The maximum Gasteiger partial charge on any atom is 0.0696 e. The zero-order chi connectivity index (χ0) is 8.10. The third kappa shape index (κ3) is 3.15. The van der Waals surface area contributed by atoms with E-state index in [-0.39, 0.29) is 19.0 Å². The molecule has 4 N–H and O–H groups in total. The Bertz CT molecular complexity index is 232. The molecular weight excluding hydrogens is 178 g/mol. The van der Waals surface area contributed by atoms with Crippen LogP contribution in [0, 0.1) is 0 Å². The van der Waals surface area contributed by atoms with Crippen molar-refractivity contribution >= 4 is 12.4 Å². The van der Waals surface area contributed by atoms with Crippen LogP contribution in [-0.4, -0.2) is 10.1 Å². The van der Waals surface area contributed by atoms with E-state index < -0.39 is 0 Å². The number of nitrogens with two attached hydrogens (primary N) is 1. The first kappa shape index (κ1) is 11.3. The Morgan fingerprint density at radius 3 is 2.67 bits per heavy atom. The molecule has 0 saturated carbocycles. The van der Waals surface area contributed by atoms with Crippen LogP contribution in [0.4, 0.5) is 0 Å². The number of hydrazine groups is 1. The highest BCUT2D eigenvalue weighted by Gasteiger charge is 1.93. The lowest BCUT2D eigenvalue weighted by Crippen LogP contribution is -2.20. The van der Waals surface area contributed by atoms with Gasteiger partial charge in [-0.3, -0.25) is 16.3 Å². The Hall–Kier alpha value is -0.680. The summed E-state index contributed by atoms with van der Waals surface area (Å²) in [6.45, 7) is 0.590. The summed E-state index contributed by atoms with van der Waals surface area (Å²) in [5.74, 6) is 5.11. The zero-order valence-corrected chi connectivity index (χ0v) is 7.34. The van der Waals surface area contributed by atoms with E-state index in [2.05, 4.69) is 10.4 Å². The molecule has 0 aliphatic rings. The summed E-state index contributed by atoms with van der Waals surface area (Å²) in [5.41, 5.74) is 4.29. The van der Waals surface area contributed by atoms with Gasteiger partial charge in [-0.25, -0.2) is 0 Å². The van der Waals surface area contributed by atoms with Gasteiger partial charge < -0.3 is 5.11 Å². The number of aliphatic hydroxyl groups excluding tert-OH is 1. The molecule has 0 fully saturated rings. The lowest BCUT2D eigenvalue weighted by atomic mass is 10.2. The fraction of sp³-hybridized carbons (Fsp3) is 0.286. The zero-order valence-electron chi connectivity index (χ0n) is 6.53. The van der Waals surface area contributed by atoms with E-state index in [1.54, 1.807) is 12.4 Å². The van der Waals surface area contributed by atoms with Gasteiger partial charge in [0.25, 0.3) is 0 Å². The van der Waals surface area contributed by atoms with Crippen molar-refractivity contribution in [1.82, 2.24) is 10.4 Å². The Morgan fingerprint density at radius 2 is 2.08 bits per heavy atom. The van der Waals surface area contributed by atoms with Gasteiger partial charge >= 0.3 is 0 Å². The molecule has 1 aromatic rings. The van der Waals surface area contributed by atoms with Crippen LogP contribution in [0.15, 0.2) is 18.5 Å². The molecule has 1 aromatic heterocycles. The first-order valence-electron chi connectivity index (χ1n) is 3.34. The van der Waals surface area contributed by atoms with E-state index >= 15 is 0 Å². The molecule has 0 aliphatic carbocycles. The second kappa shape index (κ2) is 5.91. The topological polar surface area (TPSA) is 71.2 Å². The molecule has 0 amide bonds. The van der Waals surface area contributed by atoms with Crippen LogP contribution in [-0.2, 0) is 13.2 Å². The quantitative estimate of drug-likeness (QED) is 0.461. The normalized spacial score (nSPS) is 9.17. The third-order valence-corrected chi connectivity index (χ3v) is 1.34. The molecule has 0 aromatic carbocycles. The summed E-state index contributed by atoms with van der Waals surface area (Å²) in [7, 11) is 0. The van der Waals surface area contributed by atoms with Crippen molar-refractivity contribution in [2.75, 3.05) is 0 Å². The van der Waals surface area contributed by atoms with Gasteiger partial charge in [0.15, 0.2) is 0 Å². The van der Waals surface area contributed by atoms with Gasteiger partial charge in [0, 0.05) is 18.9 Å². The summed E-state index contributed by atoms with van der Waals surface area (Å²) in [6, 6.07) is 1.85. The van der Waals surface area contributed by atoms with Gasteiger partial charge in [-0.05, 0) is 17.2 Å². The van der Waals surface area contributed by atoms with Gasteiger partial charge in [-0.1, -0.05) is 0 Å². The lowest BCUT2D eigenvalue weighted by Gasteiger charge is -2.00. The molecule has 0 saturated heterocycles. The lowest BCUT2D eigenvalue weighted by molar-refractivity contribution is 0.281. The molecule has 0 unspecified atom stereocenters. The van der Waals surface area contributed by atoms with Gasteiger partial charge in [0.1, 0.15) is 0 Å². The van der Waals surface area contributed by atoms with Gasteiger partial charge in [-0.2, -0.15) is 0 Å². The first-order valence-corrected chi connectivity index (χ1v) is 3.34. The van der Waals surface area contributed by atoms with Crippen LogP contribution < -0.4 is 11.3 Å². The molecule has 12 heavy (non-hydrogen) atoms. The molecule has 5 heteroatoms. The van der Waals surface area contributed by atoms with Crippen LogP contribution in [0.3, 0.4) is 0 Å². The van der Waals surface area contributed by atoms with E-state index in [9.17, 15) is 0 Å². The highest BCUT2D eigenvalue weighted by molar-refractivity contribution is 5.85. The number of aliphatic hydroxyl groups is 1. The summed E-state index contributed by atoms with van der Waals surface area (Å²) in [5, 5.41) is 8.74. The average Bonchev–Trinajstić information content (AvgIpc) is 2.06. The first-order chi connectivity index (χ1) is 5.36. The minimum absolute atomic E-state index is 0.